The molecule has 1 amide bonds. The van der Waals surface area contributed by atoms with E-state index in [9.17, 15) is 19.5 Å². The second-order valence-electron chi connectivity index (χ2n) is 4.95. The number of aliphatic carboxylic acids is 1. The van der Waals surface area contributed by atoms with Gasteiger partial charge in [0.1, 0.15) is 17.4 Å². The summed E-state index contributed by atoms with van der Waals surface area (Å²) in [7, 11) is 1.38. The Labute approximate surface area is 144 Å². The minimum absolute atomic E-state index is 0.338. The van der Waals surface area contributed by atoms with Crippen LogP contribution in [0, 0.1) is 0 Å². The standard InChI is InChI=1S/C18H19NO6/c1-19-13(12-20)17(24)16(18(19)25)14(21)10-8-6-4-2-3-5-7-9-11-15(22)23/h2-11,13,20-21H,12H2,1H3,(H,22,23)/b3-2+,6-4+,7-5+,10-8+,11-9+,16-14+. The first-order chi connectivity index (χ1) is 11.9. The highest BCUT2D eigenvalue weighted by atomic mass is 16.4. The molecule has 0 radical (unpaired) electrons. The Morgan fingerprint density at radius 3 is 1.88 bits per heavy atom. The Balaban J connectivity index is 2.65. The molecule has 7 heteroatoms. The lowest BCUT2D eigenvalue weighted by Crippen LogP contribution is -2.34. The SMILES string of the molecule is CN1C(=O)\C(=C(O)/C=C/C=C/C=C/C=C/C=C/C(=O)O)C(=O)C1CO. The summed E-state index contributed by atoms with van der Waals surface area (Å²) in [6.45, 7) is -0.499. The molecule has 0 spiro atoms. The third kappa shape index (κ3) is 5.74. The summed E-state index contributed by atoms with van der Waals surface area (Å²) in [5.74, 6) is -2.72. The number of amides is 1. The van der Waals surface area contributed by atoms with Gasteiger partial charge in [-0.25, -0.2) is 4.79 Å². The van der Waals surface area contributed by atoms with E-state index in [0.717, 1.165) is 11.0 Å². The summed E-state index contributed by atoms with van der Waals surface area (Å²) < 4.78 is 0. The molecule has 0 bridgehead atoms. The monoisotopic (exact) mass is 345 g/mol. The minimum atomic E-state index is -1.02. The highest BCUT2D eigenvalue weighted by molar-refractivity contribution is 6.27. The van der Waals surface area contributed by atoms with E-state index in [2.05, 4.69) is 0 Å². The molecule has 0 aromatic carbocycles. The lowest BCUT2D eigenvalue weighted by Gasteiger charge is -2.13. The fraction of sp³-hybridized carbons (Fsp3) is 0.167. The van der Waals surface area contributed by atoms with E-state index < -0.39 is 36.1 Å². The molecule has 0 aromatic rings. The van der Waals surface area contributed by atoms with Crippen molar-refractivity contribution in [1.82, 2.24) is 4.90 Å². The van der Waals surface area contributed by atoms with Crippen LogP contribution in [-0.4, -0.2) is 57.6 Å². The van der Waals surface area contributed by atoms with Gasteiger partial charge in [0.2, 0.25) is 0 Å². The van der Waals surface area contributed by atoms with E-state index in [1.54, 1.807) is 36.5 Å². The van der Waals surface area contributed by atoms with E-state index >= 15 is 0 Å². The largest absolute Gasteiger partial charge is 0.507 e. The Kier molecular flexibility index (Phi) is 7.81. The second kappa shape index (κ2) is 9.84. The highest BCUT2D eigenvalue weighted by Crippen LogP contribution is 2.21. The smallest absolute Gasteiger partial charge is 0.328 e. The van der Waals surface area contributed by atoms with Crippen molar-refractivity contribution in [2.24, 2.45) is 0 Å². The fourth-order valence-corrected chi connectivity index (χ4v) is 1.96. The molecule has 0 saturated carbocycles. The van der Waals surface area contributed by atoms with E-state index in [0.29, 0.717) is 0 Å². The fourth-order valence-electron chi connectivity index (χ4n) is 1.96. The first-order valence-corrected chi connectivity index (χ1v) is 7.33. The number of Topliss-reactive ketones (excluding diaryl/α,β-unsaturated/α-hetero) is 1. The number of carboxylic acids is 1. The molecule has 1 rings (SSSR count). The molecule has 1 saturated heterocycles. The number of carbonyl (C=O) groups excluding carboxylic acids is 2. The summed E-state index contributed by atoms with van der Waals surface area (Å²) in [6.07, 6.45) is 14.8. The van der Waals surface area contributed by atoms with Crippen LogP contribution in [0.2, 0.25) is 0 Å². The molecule has 1 aliphatic rings. The molecule has 1 unspecified atom stereocenters. The van der Waals surface area contributed by atoms with Gasteiger partial charge in [0.05, 0.1) is 6.61 Å². The lowest BCUT2D eigenvalue weighted by molar-refractivity contribution is -0.131. The van der Waals surface area contributed by atoms with Crippen molar-refractivity contribution >= 4 is 17.7 Å². The van der Waals surface area contributed by atoms with E-state index in [1.807, 2.05) is 0 Å². The summed E-state index contributed by atoms with van der Waals surface area (Å²) in [5.41, 5.74) is -0.338. The number of carboxylic acid groups (broad SMARTS) is 1. The number of hydrogen-bond donors (Lipinski definition) is 3. The Hall–Kier alpha value is -3.19. The second-order valence-corrected chi connectivity index (χ2v) is 4.95. The van der Waals surface area contributed by atoms with Crippen molar-refractivity contribution in [3.05, 3.63) is 72.1 Å². The predicted octanol–water partition coefficient (Wildman–Crippen LogP) is 1.07. The average Bonchev–Trinajstić information content (AvgIpc) is 2.78. The van der Waals surface area contributed by atoms with Crippen LogP contribution in [0.15, 0.2) is 72.1 Å². The zero-order chi connectivity index (χ0) is 18.8. The van der Waals surface area contributed by atoms with E-state index in [4.69, 9.17) is 10.2 Å². The van der Waals surface area contributed by atoms with Gasteiger partial charge in [0.25, 0.3) is 5.91 Å². The number of carbonyl (C=O) groups is 3. The molecule has 25 heavy (non-hydrogen) atoms. The average molecular weight is 345 g/mol. The third-order valence-electron chi connectivity index (χ3n) is 3.25. The number of allylic oxidation sites excluding steroid dienone is 9. The Morgan fingerprint density at radius 2 is 1.44 bits per heavy atom. The lowest BCUT2D eigenvalue weighted by atomic mass is 10.1. The predicted molar refractivity (Wildman–Crippen MR) is 91.6 cm³/mol. The van der Waals surface area contributed by atoms with Crippen LogP contribution < -0.4 is 0 Å². The van der Waals surface area contributed by atoms with E-state index in [-0.39, 0.29) is 5.57 Å². The minimum Gasteiger partial charge on any atom is -0.507 e. The number of nitrogens with zero attached hydrogens (tertiary/aromatic N) is 1. The van der Waals surface area contributed by atoms with Gasteiger partial charge in [0.15, 0.2) is 5.78 Å². The molecular formula is C18H19NO6. The van der Waals surface area contributed by atoms with Crippen molar-refractivity contribution < 1.29 is 29.7 Å². The van der Waals surface area contributed by atoms with E-state index in [1.165, 1.54) is 25.3 Å². The number of likely N-dealkylation sites (tertiary alicyclic amines) is 1. The Bertz CT molecular complexity index is 709. The molecule has 1 aliphatic heterocycles. The topological polar surface area (TPSA) is 115 Å². The molecule has 132 valence electrons. The number of likely N-dealkylation sites (N-methyl/N-ethyl adjacent to an activating group) is 1. The van der Waals surface area contributed by atoms with Crippen LogP contribution in [0.4, 0.5) is 0 Å². The van der Waals surface area contributed by atoms with Crippen LogP contribution in [0.3, 0.4) is 0 Å². The summed E-state index contributed by atoms with van der Waals surface area (Å²) >= 11 is 0. The van der Waals surface area contributed by atoms with Crippen LogP contribution in [0.25, 0.3) is 0 Å². The maximum atomic E-state index is 11.9. The first kappa shape index (κ1) is 19.9. The maximum Gasteiger partial charge on any atom is 0.328 e. The van der Waals surface area contributed by atoms with Crippen LogP contribution in [-0.2, 0) is 14.4 Å². The van der Waals surface area contributed by atoms with Gasteiger partial charge in [-0.2, -0.15) is 0 Å². The van der Waals surface area contributed by atoms with Crippen molar-refractivity contribution in [1.29, 1.82) is 0 Å². The summed E-state index contributed by atoms with van der Waals surface area (Å²) in [4.78, 5) is 35.1. The van der Waals surface area contributed by atoms with Gasteiger partial charge in [-0.05, 0) is 6.08 Å². The van der Waals surface area contributed by atoms with Gasteiger partial charge in [-0.15, -0.1) is 0 Å². The molecule has 7 nitrogen and oxygen atoms in total. The number of rotatable bonds is 7. The van der Waals surface area contributed by atoms with Gasteiger partial charge < -0.3 is 20.2 Å². The first-order valence-electron chi connectivity index (χ1n) is 7.33. The zero-order valence-electron chi connectivity index (χ0n) is 13.6. The number of aliphatic hydroxyl groups excluding tert-OH is 2. The molecule has 3 N–H and O–H groups in total. The maximum absolute atomic E-state index is 11.9. The van der Waals surface area contributed by atoms with Crippen molar-refractivity contribution in [3.8, 4) is 0 Å². The highest BCUT2D eigenvalue weighted by Gasteiger charge is 2.42. The van der Waals surface area contributed by atoms with Crippen LogP contribution in [0.1, 0.15) is 0 Å². The molecule has 0 aliphatic carbocycles. The van der Waals surface area contributed by atoms with Crippen molar-refractivity contribution in [3.63, 3.8) is 0 Å². The number of hydrogen-bond acceptors (Lipinski definition) is 5. The normalized spacial score (nSPS) is 21.2. The number of aliphatic hydroxyl groups is 2. The van der Waals surface area contributed by atoms with Gasteiger partial charge in [-0.3, -0.25) is 9.59 Å². The summed E-state index contributed by atoms with van der Waals surface area (Å²) in [6, 6.07) is -0.960. The van der Waals surface area contributed by atoms with Gasteiger partial charge >= 0.3 is 5.97 Å². The zero-order valence-corrected chi connectivity index (χ0v) is 13.6. The van der Waals surface area contributed by atoms with Crippen molar-refractivity contribution in [2.45, 2.75) is 6.04 Å². The quantitative estimate of drug-likeness (QED) is 0.275. The molecule has 0 aromatic heterocycles. The van der Waals surface area contributed by atoms with Crippen LogP contribution in [0.5, 0.6) is 0 Å². The molecule has 1 atom stereocenters. The summed E-state index contributed by atoms with van der Waals surface area (Å²) in [5, 5.41) is 27.4. The Morgan fingerprint density at radius 1 is 0.960 bits per heavy atom. The van der Waals surface area contributed by atoms with Crippen molar-refractivity contribution in [2.75, 3.05) is 13.7 Å². The molecule has 1 heterocycles. The molecular weight excluding hydrogens is 326 g/mol. The van der Waals surface area contributed by atoms with Gasteiger partial charge in [0, 0.05) is 13.1 Å². The third-order valence-corrected chi connectivity index (χ3v) is 3.25. The number of ketones is 1. The van der Waals surface area contributed by atoms with Crippen LogP contribution >= 0.6 is 0 Å². The van der Waals surface area contributed by atoms with Gasteiger partial charge in [-0.1, -0.05) is 48.6 Å². The molecule has 1 fully saturated rings.